The third-order valence-corrected chi connectivity index (χ3v) is 1.28. The van der Waals surface area contributed by atoms with E-state index in [9.17, 15) is 9.59 Å². The maximum absolute atomic E-state index is 10.0. The van der Waals surface area contributed by atoms with E-state index < -0.39 is 27.8 Å². The van der Waals surface area contributed by atoms with E-state index in [4.69, 9.17) is 0 Å². The molecule has 0 saturated heterocycles. The first-order valence-corrected chi connectivity index (χ1v) is 3.23. The van der Waals surface area contributed by atoms with E-state index in [2.05, 4.69) is 7.58 Å². The smallest absolute Gasteiger partial charge is 1.00 e. The van der Waals surface area contributed by atoms with Crippen molar-refractivity contribution in [1.82, 2.24) is 0 Å². The van der Waals surface area contributed by atoms with Gasteiger partial charge in [-0.2, -0.15) is 0 Å². The summed E-state index contributed by atoms with van der Waals surface area (Å²) in [6.07, 6.45) is 0. The van der Waals surface area contributed by atoms with Crippen LogP contribution in [0.1, 0.15) is 16.7 Å². The molecule has 0 aromatic heterocycles. The Balaban J connectivity index is -0.000000107. The molecule has 0 N–H and O–H groups in total. The van der Waals surface area contributed by atoms with Crippen LogP contribution in [0.4, 0.5) is 0 Å². The van der Waals surface area contributed by atoms with Crippen molar-refractivity contribution in [1.29, 1.82) is 0 Å². The van der Waals surface area contributed by atoms with Gasteiger partial charge in [0.15, 0.2) is 0 Å². The van der Waals surface area contributed by atoms with Crippen molar-refractivity contribution in [3.8, 4) is 0 Å². The number of carbonyl (C=O) groups excluding carboxylic acids is 2. The zero-order chi connectivity index (χ0) is 7.28. The summed E-state index contributed by atoms with van der Waals surface area (Å²) in [5, 5.41) is 0. The molecule has 0 spiro atoms. The molecule has 0 aliphatic heterocycles. The molecule has 0 amide bonds. The van der Waals surface area contributed by atoms with E-state index >= 15 is 0 Å². The Morgan fingerprint density at radius 2 is 1.50 bits per heavy atom. The van der Waals surface area contributed by atoms with Crippen LogP contribution in [0.15, 0.2) is 0 Å². The Hall–Kier alpha value is 0.0699. The van der Waals surface area contributed by atoms with Gasteiger partial charge in [0, 0.05) is 0 Å². The van der Waals surface area contributed by atoms with E-state index in [0.29, 0.717) is 0 Å². The fraction of sp³-hybridized carbons (Fsp3) is 0.500. The summed E-state index contributed by atoms with van der Waals surface area (Å²) in [5.41, 5.74) is 0. The molecule has 0 aromatic rings. The van der Waals surface area contributed by atoms with Gasteiger partial charge in [-0.1, -0.05) is 0 Å². The third kappa shape index (κ3) is 10.9. The van der Waals surface area contributed by atoms with Crippen molar-refractivity contribution in [3.05, 3.63) is 0 Å². The van der Waals surface area contributed by atoms with Crippen LogP contribution in [0.3, 0.4) is 0 Å². The Morgan fingerprint density at radius 1 is 1.20 bits per heavy atom. The van der Waals surface area contributed by atoms with Crippen molar-refractivity contribution in [2.75, 3.05) is 0 Å². The molecule has 0 aromatic carbocycles. The molecular formula is C4H8AlLiO4. The van der Waals surface area contributed by atoms with Crippen molar-refractivity contribution in [2.45, 2.75) is 13.8 Å². The monoisotopic (exact) mass is 154 g/mol. The van der Waals surface area contributed by atoms with Gasteiger partial charge in [-0.25, -0.2) is 0 Å². The topological polar surface area (TPSA) is 52.6 Å². The first kappa shape index (κ1) is 12.7. The Kier molecular flexibility index (Phi) is 9.13. The summed E-state index contributed by atoms with van der Waals surface area (Å²) in [6.45, 7) is 2.52. The second-order valence-corrected chi connectivity index (χ2v) is 1.98. The van der Waals surface area contributed by atoms with Crippen LogP contribution in [-0.2, 0) is 17.2 Å². The number of hydrogen-bond acceptors (Lipinski definition) is 4. The molecule has 0 rings (SSSR count). The Bertz CT molecular complexity index is 120. The summed E-state index contributed by atoms with van der Waals surface area (Å²) in [4.78, 5) is 20.1. The minimum absolute atomic E-state index is 0. The van der Waals surface area contributed by atoms with Crippen molar-refractivity contribution in [3.63, 3.8) is 0 Å². The molecule has 6 heteroatoms. The fourth-order valence-corrected chi connectivity index (χ4v) is 0.479. The largest absolute Gasteiger partial charge is 1.00 e. The summed E-state index contributed by atoms with van der Waals surface area (Å²) < 4.78 is 8.71. The standard InChI is InChI=1S/2C2H4O2.Al.Li.2H/c2*1-2(3)4;;;;/h2*1H3,(H,3,4);;;;/q;;+3;+1;2*-1/p-2. The summed E-state index contributed by atoms with van der Waals surface area (Å²) >= 11 is -0.944. The predicted molar refractivity (Wildman–Crippen MR) is 31.5 cm³/mol. The number of carbonyl (C=O) groups is 2. The Morgan fingerprint density at radius 3 is 1.70 bits per heavy atom. The van der Waals surface area contributed by atoms with Gasteiger partial charge in [-0.05, 0) is 0 Å². The van der Waals surface area contributed by atoms with Crippen LogP contribution in [0, 0.1) is 0 Å². The average molecular weight is 154 g/mol. The second kappa shape index (κ2) is 7.18. The average Bonchev–Trinajstić information content (AvgIpc) is 1.63. The van der Waals surface area contributed by atoms with E-state index in [1.165, 1.54) is 13.8 Å². The van der Waals surface area contributed by atoms with Gasteiger partial charge < -0.3 is 2.85 Å². The second-order valence-electron chi connectivity index (χ2n) is 1.32. The van der Waals surface area contributed by atoms with Crippen LogP contribution in [0.5, 0.6) is 0 Å². The number of rotatable bonds is 2. The molecule has 0 saturated carbocycles. The van der Waals surface area contributed by atoms with Gasteiger partial charge >= 0.3 is 77.7 Å². The molecule has 0 bridgehead atoms. The molecule has 0 fully saturated rings. The minimum atomic E-state index is -0.944. The summed E-state index contributed by atoms with van der Waals surface area (Å²) in [7, 11) is 0. The SMILES string of the molecule is CC(=O)[O][Al+][O]C(C)=O.[H-].[H-].[Li+]. The fourth-order valence-electron chi connectivity index (χ4n) is 0.160. The summed E-state index contributed by atoms with van der Waals surface area (Å²) in [5.74, 6) is -0.850. The van der Waals surface area contributed by atoms with Crippen molar-refractivity contribution in [2.24, 2.45) is 0 Å². The van der Waals surface area contributed by atoms with Crippen LogP contribution in [-0.4, -0.2) is 27.8 Å². The van der Waals surface area contributed by atoms with Crippen LogP contribution < -0.4 is 18.9 Å². The molecule has 4 nitrogen and oxygen atoms in total. The molecule has 0 radical (unpaired) electrons. The van der Waals surface area contributed by atoms with Crippen LogP contribution in [0.2, 0.25) is 0 Å². The van der Waals surface area contributed by atoms with Gasteiger partial charge in [0.25, 0.3) is 0 Å². The normalized spacial score (nSPS) is 6.60. The van der Waals surface area contributed by atoms with Gasteiger partial charge in [0.1, 0.15) is 0 Å². The third-order valence-electron chi connectivity index (χ3n) is 0.428. The zero-order valence-corrected chi connectivity index (χ0v) is 7.37. The van der Waals surface area contributed by atoms with E-state index in [-0.39, 0.29) is 21.7 Å². The predicted octanol–water partition coefficient (Wildman–Crippen LogP) is -3.12. The van der Waals surface area contributed by atoms with E-state index in [1.54, 1.807) is 0 Å². The first-order valence-electron chi connectivity index (χ1n) is 2.29. The number of hydrogen-bond donors (Lipinski definition) is 0. The van der Waals surface area contributed by atoms with Crippen molar-refractivity contribution >= 4 is 27.8 Å². The summed E-state index contributed by atoms with van der Waals surface area (Å²) in [6, 6.07) is 0. The molecule has 52 valence electrons. The first-order chi connectivity index (χ1) is 4.13. The molecule has 0 aliphatic carbocycles. The maximum Gasteiger partial charge on any atom is 1.00 e. The van der Waals surface area contributed by atoms with Gasteiger partial charge in [0.2, 0.25) is 0 Å². The Labute approximate surface area is 80.8 Å². The van der Waals surface area contributed by atoms with Gasteiger partial charge in [-0.15, -0.1) is 0 Å². The molecule has 0 atom stereocenters. The van der Waals surface area contributed by atoms with Crippen molar-refractivity contribution < 1.29 is 38.9 Å². The molecular weight excluding hydrogens is 146 g/mol. The quantitative estimate of drug-likeness (QED) is 0.395. The van der Waals surface area contributed by atoms with Crippen LogP contribution in [0.25, 0.3) is 0 Å². The minimum Gasteiger partial charge on any atom is -1.00 e. The molecule has 10 heavy (non-hydrogen) atoms. The van der Waals surface area contributed by atoms with Crippen LogP contribution >= 0.6 is 0 Å². The van der Waals surface area contributed by atoms with Gasteiger partial charge in [-0.3, -0.25) is 0 Å². The molecule has 0 heterocycles. The van der Waals surface area contributed by atoms with E-state index in [1.807, 2.05) is 0 Å². The molecule has 0 unspecified atom stereocenters. The maximum atomic E-state index is 10.0. The zero-order valence-electron chi connectivity index (χ0n) is 8.21. The van der Waals surface area contributed by atoms with Gasteiger partial charge in [0.05, 0.1) is 0 Å². The molecule has 0 aliphatic rings. The van der Waals surface area contributed by atoms with E-state index in [0.717, 1.165) is 0 Å².